The molecule has 0 heterocycles. The van der Waals surface area contributed by atoms with E-state index < -0.39 is 8.07 Å². The van der Waals surface area contributed by atoms with Crippen molar-refractivity contribution in [2.24, 2.45) is 0 Å². The predicted octanol–water partition coefficient (Wildman–Crippen LogP) is 5.36. The predicted molar refractivity (Wildman–Crippen MR) is 129 cm³/mol. The molecule has 0 amide bonds. The number of aryl methyl sites for hydroxylation is 3. The Kier molecular flexibility index (Phi) is 5.43. The standard InChI is InChI=1S/C28H30Si/c1-21-5-13-25(14-6-21)29(26-15-7-22(2)8-16-26,27-17-9-23(3)10-18-27)28-19-11-24(4)12-20-28/h5-19,28H,20H2,1-4H3. The molecule has 3 aromatic carbocycles. The molecule has 146 valence electrons. The van der Waals surface area contributed by atoms with E-state index in [1.165, 1.54) is 37.8 Å². The van der Waals surface area contributed by atoms with Crippen molar-refractivity contribution in [2.45, 2.75) is 39.7 Å². The maximum Gasteiger partial charge on any atom is 0.155 e. The molecule has 0 N–H and O–H groups in total. The van der Waals surface area contributed by atoms with Crippen LogP contribution in [0, 0.1) is 20.8 Å². The van der Waals surface area contributed by atoms with Gasteiger partial charge in [0.05, 0.1) is 0 Å². The van der Waals surface area contributed by atoms with E-state index in [9.17, 15) is 0 Å². The Bertz CT molecular complexity index is 924. The molecule has 1 heteroatoms. The summed E-state index contributed by atoms with van der Waals surface area (Å²) in [4.78, 5) is 0. The first-order valence-corrected chi connectivity index (χ1v) is 12.6. The minimum atomic E-state index is -2.25. The maximum atomic E-state index is 2.49. The van der Waals surface area contributed by atoms with Crippen molar-refractivity contribution >= 4 is 23.6 Å². The second-order valence-corrected chi connectivity index (χ2v) is 12.6. The molecular formula is C28H30Si. The highest BCUT2D eigenvalue weighted by Gasteiger charge is 2.45. The molecule has 29 heavy (non-hydrogen) atoms. The van der Waals surface area contributed by atoms with Gasteiger partial charge in [-0.25, -0.2) is 0 Å². The van der Waals surface area contributed by atoms with E-state index in [2.05, 4.69) is 119 Å². The first-order valence-electron chi connectivity index (χ1n) is 10.6. The first kappa shape index (κ1) is 19.7. The summed E-state index contributed by atoms with van der Waals surface area (Å²) in [5, 5.41) is 4.50. The Morgan fingerprint density at radius 2 is 0.966 bits per heavy atom. The van der Waals surface area contributed by atoms with E-state index >= 15 is 0 Å². The summed E-state index contributed by atoms with van der Waals surface area (Å²) < 4.78 is 0. The van der Waals surface area contributed by atoms with Crippen molar-refractivity contribution in [2.75, 3.05) is 0 Å². The van der Waals surface area contributed by atoms with Gasteiger partial charge in [0.1, 0.15) is 0 Å². The fourth-order valence-corrected chi connectivity index (χ4v) is 9.86. The summed E-state index contributed by atoms with van der Waals surface area (Å²) in [6.45, 7) is 8.74. The summed E-state index contributed by atoms with van der Waals surface area (Å²) >= 11 is 0. The van der Waals surface area contributed by atoms with E-state index in [0.29, 0.717) is 5.54 Å². The van der Waals surface area contributed by atoms with Gasteiger partial charge >= 0.3 is 0 Å². The Labute approximate surface area is 176 Å². The largest absolute Gasteiger partial charge is 0.155 e. The Balaban J connectivity index is 2.03. The number of hydrogen-bond acceptors (Lipinski definition) is 0. The molecule has 0 saturated heterocycles. The van der Waals surface area contributed by atoms with Crippen molar-refractivity contribution in [1.82, 2.24) is 0 Å². The zero-order chi connectivity index (χ0) is 20.4. The lowest BCUT2D eigenvalue weighted by Crippen LogP contribution is -2.69. The summed E-state index contributed by atoms with van der Waals surface area (Å²) in [5.41, 5.74) is 5.83. The van der Waals surface area contributed by atoms with Crippen molar-refractivity contribution < 1.29 is 0 Å². The average Bonchev–Trinajstić information content (AvgIpc) is 2.73. The maximum absolute atomic E-state index is 2.49. The minimum Gasteiger partial charge on any atom is -0.0826 e. The third-order valence-electron chi connectivity index (χ3n) is 6.36. The lowest BCUT2D eigenvalue weighted by molar-refractivity contribution is 0.981. The molecule has 1 aliphatic carbocycles. The van der Waals surface area contributed by atoms with Crippen LogP contribution in [0.1, 0.15) is 30.0 Å². The molecule has 1 unspecified atom stereocenters. The van der Waals surface area contributed by atoms with Crippen LogP contribution in [0.2, 0.25) is 5.54 Å². The molecule has 0 nitrogen and oxygen atoms in total. The zero-order valence-electron chi connectivity index (χ0n) is 17.9. The van der Waals surface area contributed by atoms with Gasteiger partial charge in [-0.15, -0.1) is 0 Å². The number of benzene rings is 3. The van der Waals surface area contributed by atoms with Crippen LogP contribution < -0.4 is 15.6 Å². The van der Waals surface area contributed by atoms with Gasteiger partial charge in [0, 0.05) is 0 Å². The van der Waals surface area contributed by atoms with Gasteiger partial charge in [0.25, 0.3) is 0 Å². The topological polar surface area (TPSA) is 0 Å². The smallest absolute Gasteiger partial charge is 0.0826 e. The normalized spacial score (nSPS) is 16.6. The van der Waals surface area contributed by atoms with Gasteiger partial charge < -0.3 is 0 Å². The fraction of sp³-hybridized carbons (Fsp3) is 0.214. The van der Waals surface area contributed by atoms with Crippen LogP contribution in [-0.4, -0.2) is 8.07 Å². The van der Waals surface area contributed by atoms with Crippen LogP contribution in [-0.2, 0) is 0 Å². The van der Waals surface area contributed by atoms with Gasteiger partial charge in [-0.2, -0.15) is 0 Å². The fourth-order valence-electron chi connectivity index (χ4n) is 4.64. The summed E-state index contributed by atoms with van der Waals surface area (Å²) in [6, 6.07) is 28.0. The summed E-state index contributed by atoms with van der Waals surface area (Å²) in [6.07, 6.45) is 8.33. The highest BCUT2D eigenvalue weighted by atomic mass is 28.3. The summed E-state index contributed by atoms with van der Waals surface area (Å²) in [5.74, 6) is 0. The first-order chi connectivity index (χ1) is 14.0. The van der Waals surface area contributed by atoms with Crippen LogP contribution >= 0.6 is 0 Å². The second-order valence-electron chi connectivity index (χ2n) is 8.56. The molecule has 0 saturated carbocycles. The monoisotopic (exact) mass is 394 g/mol. The number of hydrogen-bond donors (Lipinski definition) is 0. The minimum absolute atomic E-state index is 0.499. The van der Waals surface area contributed by atoms with Crippen LogP contribution in [0.15, 0.2) is 96.6 Å². The lowest BCUT2D eigenvalue weighted by Gasteiger charge is -2.40. The molecule has 1 aliphatic rings. The summed E-state index contributed by atoms with van der Waals surface area (Å²) in [7, 11) is -2.25. The second kappa shape index (κ2) is 8.00. The lowest BCUT2D eigenvalue weighted by atomic mass is 10.1. The van der Waals surface area contributed by atoms with Crippen LogP contribution in [0.3, 0.4) is 0 Å². The van der Waals surface area contributed by atoms with Crippen LogP contribution in [0.25, 0.3) is 0 Å². The Morgan fingerprint density at radius 3 is 1.28 bits per heavy atom. The van der Waals surface area contributed by atoms with E-state index in [-0.39, 0.29) is 0 Å². The van der Waals surface area contributed by atoms with Crippen molar-refractivity contribution in [3.05, 3.63) is 113 Å². The number of allylic oxidation sites excluding steroid dienone is 4. The average molecular weight is 395 g/mol. The van der Waals surface area contributed by atoms with Crippen molar-refractivity contribution in [3.63, 3.8) is 0 Å². The molecular weight excluding hydrogens is 364 g/mol. The van der Waals surface area contributed by atoms with Gasteiger partial charge in [0.2, 0.25) is 0 Å². The van der Waals surface area contributed by atoms with E-state index in [1.807, 2.05) is 0 Å². The third kappa shape index (κ3) is 3.67. The Hall–Kier alpha value is -2.64. The molecule has 0 aliphatic heterocycles. The Morgan fingerprint density at radius 1 is 0.586 bits per heavy atom. The zero-order valence-corrected chi connectivity index (χ0v) is 18.9. The van der Waals surface area contributed by atoms with Gasteiger partial charge in [-0.1, -0.05) is 113 Å². The van der Waals surface area contributed by atoms with Gasteiger partial charge in [0.15, 0.2) is 8.07 Å². The van der Waals surface area contributed by atoms with Crippen LogP contribution in [0.5, 0.6) is 0 Å². The molecule has 0 spiro atoms. The van der Waals surface area contributed by atoms with Gasteiger partial charge in [-0.3, -0.25) is 0 Å². The molecule has 0 radical (unpaired) electrons. The molecule has 0 fully saturated rings. The molecule has 0 aromatic heterocycles. The molecule has 0 bridgehead atoms. The van der Waals surface area contributed by atoms with Crippen molar-refractivity contribution in [3.8, 4) is 0 Å². The number of rotatable bonds is 4. The van der Waals surface area contributed by atoms with E-state index in [4.69, 9.17) is 0 Å². The molecule has 4 rings (SSSR count). The highest BCUT2D eigenvalue weighted by molar-refractivity contribution is 7.12. The third-order valence-corrected chi connectivity index (χ3v) is 11.6. The van der Waals surface area contributed by atoms with Gasteiger partial charge in [-0.05, 0) is 55.2 Å². The molecule has 1 atom stereocenters. The van der Waals surface area contributed by atoms with Crippen LogP contribution in [0.4, 0.5) is 0 Å². The highest BCUT2D eigenvalue weighted by Crippen LogP contribution is 2.32. The van der Waals surface area contributed by atoms with Crippen molar-refractivity contribution in [1.29, 1.82) is 0 Å². The van der Waals surface area contributed by atoms with E-state index in [1.54, 1.807) is 0 Å². The molecule has 3 aromatic rings. The quantitative estimate of drug-likeness (QED) is 0.413. The van der Waals surface area contributed by atoms with E-state index in [0.717, 1.165) is 6.42 Å². The SMILES string of the molecule is CC1=CCC([Si](c2ccc(C)cc2)(c2ccc(C)cc2)c2ccc(C)cc2)C=C1.